The van der Waals surface area contributed by atoms with Crippen molar-refractivity contribution in [1.29, 1.82) is 5.26 Å². The van der Waals surface area contributed by atoms with Gasteiger partial charge in [0.05, 0.1) is 20.1 Å². The number of benzene rings is 2. The van der Waals surface area contributed by atoms with Crippen molar-refractivity contribution in [3.63, 3.8) is 0 Å². The first-order chi connectivity index (χ1) is 14.0. The molecule has 0 bridgehead atoms. The molecular formula is C21H21N3O5. The van der Waals surface area contributed by atoms with E-state index < -0.39 is 5.92 Å². The lowest BCUT2D eigenvalue weighted by atomic mass is 9.82. The Bertz CT molecular complexity index is 1060. The van der Waals surface area contributed by atoms with Gasteiger partial charge < -0.3 is 34.3 Å². The average Bonchev–Trinajstić information content (AvgIpc) is 3.20. The van der Waals surface area contributed by atoms with Gasteiger partial charge in [-0.15, -0.1) is 0 Å². The number of methoxy groups -OCH3 is 2. The van der Waals surface area contributed by atoms with Crippen LogP contribution in [0.4, 0.5) is 5.69 Å². The third-order valence-corrected chi connectivity index (χ3v) is 5.05. The zero-order valence-electron chi connectivity index (χ0n) is 16.6. The van der Waals surface area contributed by atoms with E-state index in [9.17, 15) is 5.26 Å². The monoisotopic (exact) mass is 395 g/mol. The molecule has 2 N–H and O–H groups in total. The first kappa shape index (κ1) is 18.6. The highest BCUT2D eigenvalue weighted by Crippen LogP contribution is 2.55. The molecule has 2 aliphatic rings. The van der Waals surface area contributed by atoms with Crippen LogP contribution in [-0.4, -0.2) is 35.1 Å². The lowest BCUT2D eigenvalue weighted by Gasteiger charge is -2.29. The number of nitrogens with zero attached hydrogens (tertiary/aromatic N) is 2. The van der Waals surface area contributed by atoms with Gasteiger partial charge in [-0.2, -0.15) is 5.26 Å². The number of nitrogens with two attached hydrogens (primary N) is 1. The fourth-order valence-electron chi connectivity index (χ4n) is 3.65. The summed E-state index contributed by atoms with van der Waals surface area (Å²) in [5.74, 6) is 1.99. The molecule has 0 saturated carbocycles. The van der Waals surface area contributed by atoms with E-state index in [2.05, 4.69) is 6.07 Å². The Morgan fingerprint density at radius 1 is 1.10 bits per heavy atom. The Morgan fingerprint density at radius 2 is 1.86 bits per heavy atom. The molecule has 0 unspecified atom stereocenters. The first-order valence-corrected chi connectivity index (χ1v) is 8.93. The molecular weight excluding hydrogens is 374 g/mol. The minimum Gasteiger partial charge on any atom is -0.493 e. The van der Waals surface area contributed by atoms with E-state index in [-0.39, 0.29) is 18.2 Å². The normalized spacial score (nSPS) is 16.6. The second-order valence-corrected chi connectivity index (χ2v) is 6.81. The Labute approximate surface area is 168 Å². The van der Waals surface area contributed by atoms with Crippen molar-refractivity contribution in [1.82, 2.24) is 0 Å². The largest absolute Gasteiger partial charge is 0.493 e. The molecule has 2 aliphatic heterocycles. The van der Waals surface area contributed by atoms with Crippen molar-refractivity contribution in [2.45, 2.75) is 5.92 Å². The average molecular weight is 395 g/mol. The van der Waals surface area contributed by atoms with Gasteiger partial charge in [0.25, 0.3) is 0 Å². The predicted molar refractivity (Wildman–Crippen MR) is 106 cm³/mol. The fourth-order valence-corrected chi connectivity index (χ4v) is 3.65. The molecule has 0 fully saturated rings. The lowest BCUT2D eigenvalue weighted by molar-refractivity contribution is 0.168. The highest BCUT2D eigenvalue weighted by atomic mass is 16.7. The third kappa shape index (κ3) is 2.83. The maximum atomic E-state index is 9.84. The van der Waals surface area contributed by atoms with E-state index in [1.807, 2.05) is 37.2 Å². The summed E-state index contributed by atoms with van der Waals surface area (Å²) in [6.45, 7) is 0.0607. The maximum Gasteiger partial charge on any atom is 0.231 e. The van der Waals surface area contributed by atoms with Gasteiger partial charge in [-0.05, 0) is 12.1 Å². The van der Waals surface area contributed by atoms with Crippen LogP contribution in [0.15, 0.2) is 35.7 Å². The Hall–Kier alpha value is -3.73. The summed E-state index contributed by atoms with van der Waals surface area (Å²) >= 11 is 0. The molecule has 0 aromatic heterocycles. The number of allylic oxidation sites excluding steroid dienone is 1. The number of fused-ring (bicyclic) bond motifs is 2. The van der Waals surface area contributed by atoms with Crippen LogP contribution in [0.25, 0.3) is 0 Å². The lowest BCUT2D eigenvalue weighted by Crippen LogP contribution is -2.22. The van der Waals surface area contributed by atoms with Crippen molar-refractivity contribution < 1.29 is 23.7 Å². The number of nitriles is 1. The van der Waals surface area contributed by atoms with Crippen LogP contribution in [0, 0.1) is 11.3 Å². The van der Waals surface area contributed by atoms with E-state index in [4.69, 9.17) is 29.4 Å². The maximum absolute atomic E-state index is 9.84. The quantitative estimate of drug-likeness (QED) is 0.844. The Morgan fingerprint density at radius 3 is 2.52 bits per heavy atom. The Kier molecular flexibility index (Phi) is 4.51. The molecule has 0 aliphatic carbocycles. The summed E-state index contributed by atoms with van der Waals surface area (Å²) in [6.07, 6.45) is 0. The first-order valence-electron chi connectivity index (χ1n) is 8.93. The van der Waals surface area contributed by atoms with Crippen LogP contribution in [-0.2, 0) is 0 Å². The zero-order valence-corrected chi connectivity index (χ0v) is 16.6. The fraction of sp³-hybridized carbons (Fsp3) is 0.286. The van der Waals surface area contributed by atoms with Crippen molar-refractivity contribution in [3.05, 3.63) is 46.8 Å². The van der Waals surface area contributed by atoms with Gasteiger partial charge >= 0.3 is 0 Å². The highest BCUT2D eigenvalue weighted by Gasteiger charge is 2.37. The molecule has 0 radical (unpaired) electrons. The van der Waals surface area contributed by atoms with Crippen LogP contribution < -0.4 is 34.3 Å². The standard InChI is InChI=1S/C21H21N3O5/c1-24(2)11-5-6-12-15(7-11)29-21(23)14(9-22)17(12)13-8-16(25-3)19-20(18(13)26-4)28-10-27-19/h5-8,17H,10,23H2,1-4H3/t17-/m1/s1. The van der Waals surface area contributed by atoms with Crippen LogP contribution in [0.3, 0.4) is 0 Å². The van der Waals surface area contributed by atoms with Gasteiger partial charge in [0.1, 0.15) is 17.4 Å². The molecule has 2 heterocycles. The molecule has 4 rings (SSSR count). The van der Waals surface area contributed by atoms with E-state index in [1.165, 1.54) is 0 Å². The molecule has 2 aromatic carbocycles. The van der Waals surface area contributed by atoms with Gasteiger partial charge in [-0.1, -0.05) is 6.07 Å². The van der Waals surface area contributed by atoms with Gasteiger partial charge in [0.2, 0.25) is 24.2 Å². The minimum atomic E-state index is -0.515. The molecule has 150 valence electrons. The number of anilines is 1. The van der Waals surface area contributed by atoms with Crippen molar-refractivity contribution in [2.75, 3.05) is 40.0 Å². The zero-order chi connectivity index (χ0) is 20.7. The summed E-state index contributed by atoms with van der Waals surface area (Å²) in [4.78, 5) is 1.96. The molecule has 2 aromatic rings. The number of rotatable bonds is 4. The minimum absolute atomic E-state index is 0.0552. The summed E-state index contributed by atoms with van der Waals surface area (Å²) in [7, 11) is 6.97. The SMILES string of the molecule is COc1cc([C@@H]2C(C#N)=C(N)Oc3cc(N(C)C)ccc32)c(OC)c2c1OCO2. The van der Waals surface area contributed by atoms with Crippen LogP contribution in [0.5, 0.6) is 28.7 Å². The summed E-state index contributed by atoms with van der Waals surface area (Å²) < 4.78 is 28.1. The third-order valence-electron chi connectivity index (χ3n) is 5.05. The van der Waals surface area contributed by atoms with Crippen LogP contribution in [0.1, 0.15) is 17.0 Å². The van der Waals surface area contributed by atoms with E-state index in [0.29, 0.717) is 34.3 Å². The topological polar surface area (TPSA) is 99.2 Å². The van der Waals surface area contributed by atoms with E-state index in [1.54, 1.807) is 20.3 Å². The number of hydrogen-bond acceptors (Lipinski definition) is 8. The molecule has 0 amide bonds. The summed E-state index contributed by atoms with van der Waals surface area (Å²) in [5, 5.41) is 9.84. The number of hydrogen-bond donors (Lipinski definition) is 1. The van der Waals surface area contributed by atoms with Crippen molar-refractivity contribution in [3.8, 4) is 34.8 Å². The van der Waals surface area contributed by atoms with Gasteiger partial charge in [-0.25, -0.2) is 0 Å². The molecule has 8 heteroatoms. The van der Waals surface area contributed by atoms with E-state index in [0.717, 1.165) is 11.3 Å². The van der Waals surface area contributed by atoms with Crippen molar-refractivity contribution in [2.24, 2.45) is 5.73 Å². The molecule has 0 spiro atoms. The highest BCUT2D eigenvalue weighted by molar-refractivity contribution is 5.69. The van der Waals surface area contributed by atoms with Crippen molar-refractivity contribution >= 4 is 5.69 Å². The molecule has 29 heavy (non-hydrogen) atoms. The summed E-state index contributed by atoms with van der Waals surface area (Å²) in [6, 6.07) is 9.75. The molecule has 0 saturated heterocycles. The van der Waals surface area contributed by atoms with Gasteiger partial charge in [-0.3, -0.25) is 0 Å². The molecule has 1 atom stereocenters. The second-order valence-electron chi connectivity index (χ2n) is 6.81. The van der Waals surface area contributed by atoms with E-state index >= 15 is 0 Å². The van der Waals surface area contributed by atoms with Gasteiger partial charge in [0, 0.05) is 37.0 Å². The van der Waals surface area contributed by atoms with Crippen LogP contribution >= 0.6 is 0 Å². The Balaban J connectivity index is 1.98. The van der Waals surface area contributed by atoms with Crippen LogP contribution in [0.2, 0.25) is 0 Å². The summed E-state index contributed by atoms with van der Waals surface area (Å²) in [5.41, 5.74) is 8.83. The van der Waals surface area contributed by atoms with Gasteiger partial charge in [0.15, 0.2) is 11.5 Å². The molecule has 8 nitrogen and oxygen atoms in total. The second kappa shape index (κ2) is 7.02. The smallest absolute Gasteiger partial charge is 0.231 e. The number of ether oxygens (including phenoxy) is 5. The predicted octanol–water partition coefficient (Wildman–Crippen LogP) is 2.72.